The van der Waals surface area contributed by atoms with Crippen molar-refractivity contribution in [1.29, 1.82) is 0 Å². The van der Waals surface area contributed by atoms with E-state index >= 15 is 0 Å². The molecule has 0 radical (unpaired) electrons. The van der Waals surface area contributed by atoms with Crippen molar-refractivity contribution in [3.63, 3.8) is 0 Å². The molecule has 5 nitrogen and oxygen atoms in total. The fourth-order valence-corrected chi connectivity index (χ4v) is 3.17. The van der Waals surface area contributed by atoms with Gasteiger partial charge < -0.3 is 5.43 Å². The second-order valence-corrected chi connectivity index (χ2v) is 6.44. The number of anilines is 2. The van der Waals surface area contributed by atoms with Gasteiger partial charge in [-0.25, -0.2) is 12.8 Å². The molecule has 0 heterocycles. The van der Waals surface area contributed by atoms with Crippen LogP contribution in [0, 0.1) is 5.82 Å². The van der Waals surface area contributed by atoms with Gasteiger partial charge in [-0.1, -0.05) is 0 Å². The van der Waals surface area contributed by atoms with Crippen LogP contribution in [0.2, 0.25) is 0 Å². The number of nitrogens with one attached hydrogen (secondary N) is 2. The lowest BCUT2D eigenvalue weighted by Gasteiger charge is -2.10. The van der Waals surface area contributed by atoms with E-state index in [4.69, 9.17) is 5.84 Å². The number of sulfonamides is 1. The molecule has 2 aromatic carbocycles. The fourth-order valence-electron chi connectivity index (χ4n) is 1.51. The quantitative estimate of drug-likeness (QED) is 0.578. The summed E-state index contributed by atoms with van der Waals surface area (Å²) < 4.78 is 40.0. The Balaban J connectivity index is 2.30. The van der Waals surface area contributed by atoms with Crippen molar-refractivity contribution in [3.05, 3.63) is 52.8 Å². The van der Waals surface area contributed by atoms with E-state index in [1.165, 1.54) is 42.5 Å². The summed E-state index contributed by atoms with van der Waals surface area (Å²) in [5, 5.41) is 0. The van der Waals surface area contributed by atoms with Crippen LogP contribution >= 0.6 is 15.9 Å². The van der Waals surface area contributed by atoms with Crippen LogP contribution in [0.15, 0.2) is 51.8 Å². The molecule has 20 heavy (non-hydrogen) atoms. The molecule has 0 fully saturated rings. The summed E-state index contributed by atoms with van der Waals surface area (Å²) in [5.41, 5.74) is 3.25. The molecule has 0 aliphatic carbocycles. The number of hydrogen-bond donors (Lipinski definition) is 3. The van der Waals surface area contributed by atoms with E-state index in [1.54, 1.807) is 0 Å². The highest BCUT2D eigenvalue weighted by molar-refractivity contribution is 9.10. The molecule has 0 amide bonds. The summed E-state index contributed by atoms with van der Waals surface area (Å²) in [6, 6.07) is 9.59. The molecule has 0 saturated heterocycles. The van der Waals surface area contributed by atoms with Gasteiger partial charge >= 0.3 is 0 Å². The Bertz CT molecular complexity index is 720. The van der Waals surface area contributed by atoms with Gasteiger partial charge in [0, 0.05) is 10.2 Å². The Morgan fingerprint density at radius 1 is 1.10 bits per heavy atom. The fraction of sp³-hybridized carbons (Fsp3) is 0. The minimum Gasteiger partial charge on any atom is -0.324 e. The molecule has 0 aliphatic heterocycles. The third kappa shape index (κ3) is 3.27. The molecule has 0 bridgehead atoms. The second-order valence-electron chi connectivity index (χ2n) is 3.90. The van der Waals surface area contributed by atoms with Gasteiger partial charge in [0.15, 0.2) is 0 Å². The van der Waals surface area contributed by atoms with Crippen molar-refractivity contribution in [2.24, 2.45) is 5.84 Å². The maximum Gasteiger partial charge on any atom is 0.261 e. The van der Waals surface area contributed by atoms with E-state index in [0.717, 1.165) is 0 Å². The van der Waals surface area contributed by atoms with Crippen LogP contribution in [0.4, 0.5) is 15.8 Å². The van der Waals surface area contributed by atoms with Crippen LogP contribution in [-0.2, 0) is 10.0 Å². The van der Waals surface area contributed by atoms with Gasteiger partial charge in [0.05, 0.1) is 10.6 Å². The van der Waals surface area contributed by atoms with Gasteiger partial charge in [0.25, 0.3) is 10.0 Å². The molecule has 0 atom stereocenters. The van der Waals surface area contributed by atoms with E-state index in [1.807, 2.05) is 0 Å². The van der Waals surface area contributed by atoms with Gasteiger partial charge in [-0.3, -0.25) is 10.6 Å². The van der Waals surface area contributed by atoms with E-state index in [-0.39, 0.29) is 10.6 Å². The average molecular weight is 360 g/mol. The number of halogens is 2. The Morgan fingerprint density at radius 2 is 1.75 bits per heavy atom. The van der Waals surface area contributed by atoms with Crippen LogP contribution in [-0.4, -0.2) is 8.42 Å². The van der Waals surface area contributed by atoms with E-state index in [9.17, 15) is 12.8 Å². The Morgan fingerprint density at radius 3 is 2.30 bits per heavy atom. The average Bonchev–Trinajstić information content (AvgIpc) is 2.42. The van der Waals surface area contributed by atoms with Crippen molar-refractivity contribution in [2.75, 3.05) is 10.1 Å². The molecule has 0 aliphatic rings. The molecule has 2 aromatic rings. The largest absolute Gasteiger partial charge is 0.324 e. The van der Waals surface area contributed by atoms with Gasteiger partial charge in [0.2, 0.25) is 0 Å². The van der Waals surface area contributed by atoms with Gasteiger partial charge in [-0.2, -0.15) is 0 Å². The second kappa shape index (κ2) is 5.78. The zero-order valence-corrected chi connectivity index (χ0v) is 12.5. The normalized spacial score (nSPS) is 11.2. The molecule has 0 unspecified atom stereocenters. The first-order chi connectivity index (χ1) is 9.42. The third-order valence-electron chi connectivity index (χ3n) is 2.51. The lowest BCUT2D eigenvalue weighted by Crippen LogP contribution is -2.14. The molecular weight excluding hydrogens is 349 g/mol. The maximum atomic E-state index is 13.0. The maximum absolute atomic E-state index is 13.0. The van der Waals surface area contributed by atoms with E-state index in [2.05, 4.69) is 26.1 Å². The zero-order chi connectivity index (χ0) is 14.8. The van der Waals surface area contributed by atoms with Crippen LogP contribution < -0.4 is 16.0 Å². The van der Waals surface area contributed by atoms with Gasteiger partial charge in [-0.05, 0) is 58.4 Å². The topological polar surface area (TPSA) is 84.2 Å². The number of nitrogen functional groups attached to an aromatic ring is 1. The molecule has 0 aromatic heterocycles. The Labute approximate surface area is 124 Å². The number of nitrogens with two attached hydrogens (primary N) is 1. The SMILES string of the molecule is NNc1ccc(S(=O)(=O)Nc2ccc(F)cc2Br)cc1. The molecular formula is C12H11BrFN3O2S. The molecule has 2 rings (SSSR count). The highest BCUT2D eigenvalue weighted by Gasteiger charge is 2.15. The Kier molecular flexibility index (Phi) is 4.26. The van der Waals surface area contributed by atoms with E-state index < -0.39 is 15.8 Å². The first kappa shape index (κ1) is 14.8. The zero-order valence-electron chi connectivity index (χ0n) is 10.1. The minimum absolute atomic E-state index is 0.0766. The number of benzene rings is 2. The highest BCUT2D eigenvalue weighted by Crippen LogP contribution is 2.26. The van der Waals surface area contributed by atoms with Crippen molar-refractivity contribution in [3.8, 4) is 0 Å². The van der Waals surface area contributed by atoms with Crippen molar-refractivity contribution in [2.45, 2.75) is 4.90 Å². The summed E-state index contributed by atoms with van der Waals surface area (Å²) in [4.78, 5) is 0.0766. The van der Waals surface area contributed by atoms with Crippen LogP contribution in [0.1, 0.15) is 0 Å². The van der Waals surface area contributed by atoms with Gasteiger partial charge in [0.1, 0.15) is 5.82 Å². The van der Waals surface area contributed by atoms with Crippen molar-refractivity contribution < 1.29 is 12.8 Å². The first-order valence-corrected chi connectivity index (χ1v) is 7.74. The van der Waals surface area contributed by atoms with Crippen LogP contribution in [0.3, 0.4) is 0 Å². The van der Waals surface area contributed by atoms with Gasteiger partial charge in [-0.15, -0.1) is 0 Å². The summed E-state index contributed by atoms with van der Waals surface area (Å²) >= 11 is 3.10. The minimum atomic E-state index is -3.74. The lowest BCUT2D eigenvalue weighted by molar-refractivity contribution is 0.601. The monoisotopic (exact) mass is 359 g/mol. The summed E-state index contributed by atoms with van der Waals surface area (Å²) in [5.74, 6) is 4.75. The summed E-state index contributed by atoms with van der Waals surface area (Å²) in [7, 11) is -3.74. The smallest absolute Gasteiger partial charge is 0.261 e. The first-order valence-electron chi connectivity index (χ1n) is 5.47. The number of hydrogen-bond acceptors (Lipinski definition) is 4. The van der Waals surface area contributed by atoms with Crippen molar-refractivity contribution in [1.82, 2.24) is 0 Å². The predicted octanol–water partition coefficient (Wildman–Crippen LogP) is 2.67. The number of rotatable bonds is 4. The standard InChI is InChI=1S/C12H11BrFN3O2S/c13-11-7-8(14)1-6-12(11)17-20(18,19)10-4-2-9(16-15)3-5-10/h1-7,16-17H,15H2. The van der Waals surface area contributed by atoms with Crippen LogP contribution in [0.25, 0.3) is 0 Å². The van der Waals surface area contributed by atoms with Crippen LogP contribution in [0.5, 0.6) is 0 Å². The lowest BCUT2D eigenvalue weighted by atomic mass is 10.3. The third-order valence-corrected chi connectivity index (χ3v) is 4.54. The molecule has 0 spiro atoms. The predicted molar refractivity (Wildman–Crippen MR) is 79.2 cm³/mol. The molecule has 0 saturated carbocycles. The molecule has 106 valence electrons. The summed E-state index contributed by atoms with van der Waals surface area (Å²) in [6.45, 7) is 0. The Hall–Kier alpha value is -1.64. The number of hydrazine groups is 1. The molecule has 4 N–H and O–H groups in total. The summed E-state index contributed by atoms with van der Waals surface area (Å²) in [6.07, 6.45) is 0. The highest BCUT2D eigenvalue weighted by atomic mass is 79.9. The van der Waals surface area contributed by atoms with E-state index in [0.29, 0.717) is 10.2 Å². The van der Waals surface area contributed by atoms with Crippen molar-refractivity contribution >= 4 is 37.3 Å². The molecule has 8 heteroatoms.